The minimum atomic E-state index is -4.92. The zero-order chi connectivity index (χ0) is 32.5. The van der Waals surface area contributed by atoms with Gasteiger partial charge in [0, 0.05) is 17.8 Å². The Bertz CT molecular complexity index is 1410. The number of anilines is 1. The molecule has 0 radical (unpaired) electrons. The van der Waals surface area contributed by atoms with Crippen LogP contribution in [0.1, 0.15) is 59.5 Å². The van der Waals surface area contributed by atoms with E-state index in [1.54, 1.807) is 12.1 Å². The third-order valence-corrected chi connectivity index (χ3v) is 6.34. The summed E-state index contributed by atoms with van der Waals surface area (Å²) in [5, 5.41) is 13.9. The molecule has 3 rings (SSSR count). The largest absolute Gasteiger partial charge is 0.573 e. The fraction of sp³-hybridized carbons (Fsp3) is 0.300. The first-order valence-electron chi connectivity index (χ1n) is 13.3. The van der Waals surface area contributed by atoms with Gasteiger partial charge in [-0.1, -0.05) is 37.6 Å². The van der Waals surface area contributed by atoms with E-state index in [1.165, 1.54) is 36.4 Å². The van der Waals surface area contributed by atoms with E-state index >= 15 is 0 Å². The summed E-state index contributed by atoms with van der Waals surface area (Å²) >= 11 is 0. The Balaban J connectivity index is 1.93. The third kappa shape index (κ3) is 10.5. The number of nitrogens with one attached hydrogen (secondary N) is 2. The zero-order valence-electron chi connectivity index (χ0n) is 23.2. The zero-order valence-corrected chi connectivity index (χ0v) is 23.2. The monoisotopic (exact) mass is 626 g/mol. The topological polar surface area (TPSA) is 114 Å². The number of amides is 2. The normalized spacial score (nSPS) is 13.0. The second-order valence-corrected chi connectivity index (χ2v) is 9.57. The summed E-state index contributed by atoms with van der Waals surface area (Å²) in [6, 6.07) is 15.5. The van der Waals surface area contributed by atoms with Gasteiger partial charge in [-0.3, -0.25) is 14.4 Å². The standard InChI is InChI=1S/C30H28F6N2O6/c1-2-3-24(18-4-6-20(7-5-18)27(41)37-17-16-25(39)40)26(19-8-12-22(13-9-19)43-29(31,32)33)28(42)38-21-10-14-23(15-11-21)44-30(34,35)36/h4-15,24,26H,2-3,16-17H2,1H3,(H,37,41)(H,38,42)(H,39,40). The lowest BCUT2D eigenvalue weighted by atomic mass is 9.78. The Morgan fingerprint density at radius 1 is 0.773 bits per heavy atom. The van der Waals surface area contributed by atoms with Crippen LogP contribution >= 0.6 is 0 Å². The van der Waals surface area contributed by atoms with Crippen LogP contribution in [-0.4, -0.2) is 42.2 Å². The second kappa shape index (κ2) is 14.6. The number of rotatable bonds is 13. The van der Waals surface area contributed by atoms with E-state index in [1.807, 2.05) is 6.92 Å². The molecule has 14 heteroatoms. The van der Waals surface area contributed by atoms with Gasteiger partial charge in [0.25, 0.3) is 5.91 Å². The lowest BCUT2D eigenvalue weighted by Gasteiger charge is -2.28. The highest BCUT2D eigenvalue weighted by atomic mass is 19.4. The van der Waals surface area contributed by atoms with Gasteiger partial charge in [0.15, 0.2) is 0 Å². The molecule has 0 bridgehead atoms. The van der Waals surface area contributed by atoms with Crippen LogP contribution in [0.5, 0.6) is 11.5 Å². The van der Waals surface area contributed by atoms with Crippen molar-refractivity contribution in [3.8, 4) is 11.5 Å². The SMILES string of the molecule is CCCC(c1ccc(C(=O)NCCC(=O)O)cc1)C(C(=O)Nc1ccc(OC(F)(F)F)cc1)c1ccc(OC(F)(F)F)cc1. The maximum Gasteiger partial charge on any atom is 0.573 e. The average Bonchev–Trinajstić information content (AvgIpc) is 2.93. The van der Waals surface area contributed by atoms with Crippen LogP contribution in [0, 0.1) is 0 Å². The first-order valence-corrected chi connectivity index (χ1v) is 13.3. The van der Waals surface area contributed by atoms with E-state index in [9.17, 15) is 40.7 Å². The number of carboxylic acids is 1. The van der Waals surface area contributed by atoms with Gasteiger partial charge in [-0.15, -0.1) is 26.3 Å². The Morgan fingerprint density at radius 3 is 1.75 bits per heavy atom. The Kier molecular flexibility index (Phi) is 11.2. The molecule has 236 valence electrons. The highest BCUT2D eigenvalue weighted by Gasteiger charge is 2.34. The van der Waals surface area contributed by atoms with Crippen molar-refractivity contribution in [2.45, 2.75) is 50.7 Å². The summed E-state index contributed by atoms with van der Waals surface area (Å²) in [6.07, 6.45) is -9.07. The number of carbonyl (C=O) groups excluding carboxylic acids is 2. The number of carboxylic acid groups (broad SMARTS) is 1. The smallest absolute Gasteiger partial charge is 0.481 e. The van der Waals surface area contributed by atoms with Crippen molar-refractivity contribution in [2.75, 3.05) is 11.9 Å². The Hall–Kier alpha value is -4.75. The van der Waals surface area contributed by atoms with Gasteiger partial charge < -0.3 is 25.2 Å². The molecule has 3 aromatic rings. The molecule has 0 saturated heterocycles. The van der Waals surface area contributed by atoms with Crippen LogP contribution in [0.3, 0.4) is 0 Å². The molecule has 2 atom stereocenters. The molecule has 44 heavy (non-hydrogen) atoms. The minimum Gasteiger partial charge on any atom is -0.481 e. The molecular formula is C30H28F6N2O6. The molecular weight excluding hydrogens is 598 g/mol. The maximum atomic E-state index is 13.7. The van der Waals surface area contributed by atoms with Gasteiger partial charge in [-0.05, 0) is 72.0 Å². The van der Waals surface area contributed by atoms with Crippen molar-refractivity contribution < 1.29 is 55.3 Å². The van der Waals surface area contributed by atoms with E-state index in [0.29, 0.717) is 24.0 Å². The van der Waals surface area contributed by atoms with Crippen molar-refractivity contribution in [3.63, 3.8) is 0 Å². The summed E-state index contributed by atoms with van der Waals surface area (Å²) in [5.74, 6) is -4.70. The second-order valence-electron chi connectivity index (χ2n) is 9.57. The molecule has 8 nitrogen and oxygen atoms in total. The minimum absolute atomic E-state index is 0.0754. The summed E-state index contributed by atoms with van der Waals surface area (Å²) < 4.78 is 83.6. The molecule has 3 aromatic carbocycles. The van der Waals surface area contributed by atoms with Gasteiger partial charge >= 0.3 is 18.7 Å². The fourth-order valence-corrected chi connectivity index (χ4v) is 4.51. The molecule has 0 heterocycles. The van der Waals surface area contributed by atoms with E-state index in [4.69, 9.17) is 5.11 Å². The van der Waals surface area contributed by atoms with Crippen LogP contribution < -0.4 is 20.1 Å². The summed E-state index contributed by atoms with van der Waals surface area (Å²) in [4.78, 5) is 36.8. The molecule has 0 aliphatic rings. The number of hydrogen-bond acceptors (Lipinski definition) is 5. The molecule has 0 saturated carbocycles. The van der Waals surface area contributed by atoms with Gasteiger partial charge in [0.05, 0.1) is 12.3 Å². The number of aliphatic carboxylic acids is 1. The van der Waals surface area contributed by atoms with E-state index < -0.39 is 53.8 Å². The van der Waals surface area contributed by atoms with Crippen LogP contribution in [0.2, 0.25) is 0 Å². The highest BCUT2D eigenvalue weighted by molar-refractivity contribution is 5.97. The lowest BCUT2D eigenvalue weighted by Crippen LogP contribution is -2.27. The molecule has 0 aliphatic carbocycles. The van der Waals surface area contributed by atoms with Crippen molar-refractivity contribution >= 4 is 23.5 Å². The average molecular weight is 627 g/mol. The number of ether oxygens (including phenoxy) is 2. The molecule has 2 amide bonds. The van der Waals surface area contributed by atoms with Crippen LogP contribution in [0.15, 0.2) is 72.8 Å². The van der Waals surface area contributed by atoms with Crippen molar-refractivity contribution in [1.29, 1.82) is 0 Å². The maximum absolute atomic E-state index is 13.7. The molecule has 0 aromatic heterocycles. The number of alkyl halides is 6. The number of halogens is 6. The highest BCUT2D eigenvalue weighted by Crippen LogP contribution is 2.39. The van der Waals surface area contributed by atoms with Crippen molar-refractivity contribution in [2.24, 2.45) is 0 Å². The third-order valence-electron chi connectivity index (χ3n) is 6.34. The first kappa shape index (κ1) is 33.7. The van der Waals surface area contributed by atoms with Crippen LogP contribution in [-0.2, 0) is 9.59 Å². The lowest BCUT2D eigenvalue weighted by molar-refractivity contribution is -0.275. The first-order chi connectivity index (χ1) is 20.6. The summed E-state index contributed by atoms with van der Waals surface area (Å²) in [7, 11) is 0. The predicted molar refractivity (Wildman–Crippen MR) is 146 cm³/mol. The fourth-order valence-electron chi connectivity index (χ4n) is 4.51. The van der Waals surface area contributed by atoms with Crippen LogP contribution in [0.25, 0.3) is 0 Å². The van der Waals surface area contributed by atoms with Crippen molar-refractivity contribution in [1.82, 2.24) is 5.32 Å². The summed E-state index contributed by atoms with van der Waals surface area (Å²) in [6.45, 7) is 1.79. The van der Waals surface area contributed by atoms with E-state index in [-0.39, 0.29) is 24.2 Å². The van der Waals surface area contributed by atoms with Gasteiger partial charge in [-0.25, -0.2) is 0 Å². The van der Waals surface area contributed by atoms with Gasteiger partial charge in [0.2, 0.25) is 5.91 Å². The van der Waals surface area contributed by atoms with Gasteiger partial charge in [0.1, 0.15) is 11.5 Å². The molecule has 0 aliphatic heterocycles. The van der Waals surface area contributed by atoms with Crippen LogP contribution in [0.4, 0.5) is 32.0 Å². The van der Waals surface area contributed by atoms with Crippen molar-refractivity contribution in [3.05, 3.63) is 89.5 Å². The van der Waals surface area contributed by atoms with Gasteiger partial charge in [-0.2, -0.15) is 0 Å². The number of hydrogen-bond donors (Lipinski definition) is 3. The van der Waals surface area contributed by atoms with E-state index in [2.05, 4.69) is 20.1 Å². The predicted octanol–water partition coefficient (Wildman–Crippen LogP) is 6.99. The number of carbonyl (C=O) groups is 3. The number of benzene rings is 3. The quantitative estimate of drug-likeness (QED) is 0.176. The Morgan fingerprint density at radius 2 is 1.27 bits per heavy atom. The molecule has 0 spiro atoms. The summed E-state index contributed by atoms with van der Waals surface area (Å²) in [5.41, 5.74) is 1.35. The molecule has 2 unspecified atom stereocenters. The molecule has 3 N–H and O–H groups in total. The van der Waals surface area contributed by atoms with E-state index in [0.717, 1.165) is 24.3 Å². The Labute approximate surface area is 248 Å². The molecule has 0 fully saturated rings.